The Morgan fingerprint density at radius 3 is 2.69 bits per heavy atom. The van der Waals surface area contributed by atoms with Gasteiger partial charge in [-0.1, -0.05) is 13.3 Å². The molecule has 4 nitrogen and oxygen atoms in total. The molecule has 0 saturated heterocycles. The van der Waals surface area contributed by atoms with E-state index < -0.39 is 0 Å². The van der Waals surface area contributed by atoms with Gasteiger partial charge in [0.25, 0.3) is 0 Å². The second-order valence-electron chi connectivity index (χ2n) is 3.80. The van der Waals surface area contributed by atoms with Gasteiger partial charge in [-0.15, -0.1) is 0 Å². The Morgan fingerprint density at radius 1 is 1.38 bits per heavy atom. The molecular formula is C12H21N3O. The minimum absolute atomic E-state index is 0.000185. The van der Waals surface area contributed by atoms with Crippen molar-refractivity contribution in [2.75, 3.05) is 6.61 Å². The van der Waals surface area contributed by atoms with Crippen LogP contribution in [0.15, 0.2) is 6.07 Å². The van der Waals surface area contributed by atoms with Crippen molar-refractivity contribution < 1.29 is 4.74 Å². The molecule has 0 amide bonds. The van der Waals surface area contributed by atoms with E-state index in [1.54, 1.807) is 0 Å². The second kappa shape index (κ2) is 6.55. The first-order valence-corrected chi connectivity index (χ1v) is 5.87. The molecule has 1 heterocycles. The molecule has 1 aromatic rings. The number of nitrogens with two attached hydrogens (primary N) is 1. The Bertz CT molecular complexity index is 322. The molecule has 0 bridgehead atoms. The third kappa shape index (κ3) is 3.54. The van der Waals surface area contributed by atoms with E-state index in [2.05, 4.69) is 16.9 Å². The Balaban J connectivity index is 2.93. The Labute approximate surface area is 97.2 Å². The zero-order valence-electron chi connectivity index (χ0n) is 10.4. The lowest BCUT2D eigenvalue weighted by Crippen LogP contribution is -2.12. The lowest BCUT2D eigenvalue weighted by molar-refractivity contribution is 0.0491. The van der Waals surface area contributed by atoms with Crippen molar-refractivity contribution in [1.82, 2.24) is 9.97 Å². The first-order chi connectivity index (χ1) is 7.71. The minimum Gasteiger partial charge on any atom is -0.371 e. The van der Waals surface area contributed by atoms with Gasteiger partial charge in [0.1, 0.15) is 6.10 Å². The second-order valence-corrected chi connectivity index (χ2v) is 3.80. The molecule has 1 unspecified atom stereocenters. The van der Waals surface area contributed by atoms with Crippen LogP contribution < -0.4 is 5.73 Å². The van der Waals surface area contributed by atoms with Crippen molar-refractivity contribution in [2.45, 2.75) is 46.3 Å². The summed E-state index contributed by atoms with van der Waals surface area (Å²) in [4.78, 5) is 8.86. The maximum Gasteiger partial charge on any atom is 0.157 e. The minimum atomic E-state index is 0.000185. The van der Waals surface area contributed by atoms with Crippen LogP contribution in [0.5, 0.6) is 0 Å². The maximum absolute atomic E-state index is 5.66. The van der Waals surface area contributed by atoms with Crippen molar-refractivity contribution >= 4 is 0 Å². The molecule has 0 aliphatic heterocycles. The van der Waals surface area contributed by atoms with Crippen LogP contribution in [0, 0.1) is 6.92 Å². The highest BCUT2D eigenvalue weighted by Crippen LogP contribution is 2.19. The zero-order chi connectivity index (χ0) is 12.0. The molecule has 0 aliphatic rings. The van der Waals surface area contributed by atoms with E-state index in [0.717, 1.165) is 30.1 Å². The Morgan fingerprint density at radius 2 is 2.12 bits per heavy atom. The Hall–Kier alpha value is -1.00. The molecule has 4 heteroatoms. The Kier molecular flexibility index (Phi) is 5.35. The molecule has 1 aromatic heterocycles. The SMILES string of the molecule is CCCC(OCC)c1nc(C)cc(CN)n1. The van der Waals surface area contributed by atoms with Gasteiger partial charge in [0, 0.05) is 18.8 Å². The fourth-order valence-corrected chi connectivity index (χ4v) is 1.66. The molecule has 16 heavy (non-hydrogen) atoms. The van der Waals surface area contributed by atoms with Crippen LogP contribution in [0.2, 0.25) is 0 Å². The molecule has 0 saturated carbocycles. The highest BCUT2D eigenvalue weighted by molar-refractivity contribution is 5.11. The average Bonchev–Trinajstić information content (AvgIpc) is 2.28. The highest BCUT2D eigenvalue weighted by Gasteiger charge is 2.14. The number of ether oxygens (including phenoxy) is 1. The van der Waals surface area contributed by atoms with Gasteiger partial charge in [-0.3, -0.25) is 0 Å². The van der Waals surface area contributed by atoms with Crippen molar-refractivity contribution in [2.24, 2.45) is 5.73 Å². The molecule has 1 rings (SSSR count). The number of hydrogen-bond donors (Lipinski definition) is 1. The molecule has 0 aliphatic carbocycles. The van der Waals surface area contributed by atoms with Crippen molar-refractivity contribution in [1.29, 1.82) is 0 Å². The summed E-state index contributed by atoms with van der Waals surface area (Å²) < 4.78 is 5.66. The quantitative estimate of drug-likeness (QED) is 0.802. The van der Waals surface area contributed by atoms with Gasteiger partial charge in [0.15, 0.2) is 5.82 Å². The van der Waals surface area contributed by atoms with E-state index in [1.165, 1.54) is 0 Å². The van der Waals surface area contributed by atoms with Crippen molar-refractivity contribution in [3.63, 3.8) is 0 Å². The van der Waals surface area contributed by atoms with E-state index in [4.69, 9.17) is 10.5 Å². The van der Waals surface area contributed by atoms with Gasteiger partial charge in [-0.25, -0.2) is 9.97 Å². The number of hydrogen-bond acceptors (Lipinski definition) is 4. The summed E-state index contributed by atoms with van der Waals surface area (Å²) >= 11 is 0. The van der Waals surface area contributed by atoms with Gasteiger partial charge >= 0.3 is 0 Å². The molecule has 0 fully saturated rings. The average molecular weight is 223 g/mol. The molecule has 0 spiro atoms. The predicted octanol–water partition coefficient (Wildman–Crippen LogP) is 2.12. The van der Waals surface area contributed by atoms with Gasteiger partial charge < -0.3 is 10.5 Å². The lowest BCUT2D eigenvalue weighted by Gasteiger charge is -2.15. The molecule has 1 atom stereocenters. The van der Waals surface area contributed by atoms with Gasteiger partial charge in [-0.05, 0) is 26.3 Å². The molecular weight excluding hydrogens is 202 g/mol. The monoisotopic (exact) mass is 223 g/mol. The van der Waals surface area contributed by atoms with Gasteiger partial charge in [-0.2, -0.15) is 0 Å². The summed E-state index contributed by atoms with van der Waals surface area (Å²) in [6, 6.07) is 1.92. The molecule has 2 N–H and O–H groups in total. The standard InChI is InChI=1S/C12H21N3O/c1-4-6-11(16-5-2)12-14-9(3)7-10(8-13)15-12/h7,11H,4-6,8,13H2,1-3H3. The fraction of sp³-hybridized carbons (Fsp3) is 0.667. The topological polar surface area (TPSA) is 61.0 Å². The smallest absolute Gasteiger partial charge is 0.157 e. The van der Waals surface area contributed by atoms with Crippen molar-refractivity contribution in [3.8, 4) is 0 Å². The number of aryl methyl sites for hydroxylation is 1. The summed E-state index contributed by atoms with van der Waals surface area (Å²) in [5, 5.41) is 0. The van der Waals surface area contributed by atoms with Crippen molar-refractivity contribution in [3.05, 3.63) is 23.3 Å². The van der Waals surface area contributed by atoms with Crippen LogP contribution in [0.1, 0.15) is 50.0 Å². The first kappa shape index (κ1) is 13.1. The van der Waals surface area contributed by atoms with Gasteiger partial charge in [0.2, 0.25) is 0 Å². The van der Waals surface area contributed by atoms with Crippen LogP contribution >= 0.6 is 0 Å². The summed E-state index contributed by atoms with van der Waals surface area (Å²) in [6.45, 7) is 7.20. The van der Waals surface area contributed by atoms with Crippen LogP contribution in [-0.4, -0.2) is 16.6 Å². The maximum atomic E-state index is 5.66. The largest absolute Gasteiger partial charge is 0.371 e. The highest BCUT2D eigenvalue weighted by atomic mass is 16.5. The van der Waals surface area contributed by atoms with Crippen LogP contribution in [0.25, 0.3) is 0 Å². The first-order valence-electron chi connectivity index (χ1n) is 5.87. The number of rotatable bonds is 6. The number of nitrogens with zero attached hydrogens (tertiary/aromatic N) is 2. The molecule has 0 aromatic carbocycles. The van der Waals surface area contributed by atoms with Crippen LogP contribution in [-0.2, 0) is 11.3 Å². The van der Waals surface area contributed by atoms with E-state index in [9.17, 15) is 0 Å². The van der Waals surface area contributed by atoms with E-state index in [1.807, 2.05) is 19.9 Å². The van der Waals surface area contributed by atoms with Crippen LogP contribution in [0.4, 0.5) is 0 Å². The van der Waals surface area contributed by atoms with E-state index in [0.29, 0.717) is 13.2 Å². The zero-order valence-corrected chi connectivity index (χ0v) is 10.4. The van der Waals surface area contributed by atoms with E-state index in [-0.39, 0.29) is 6.10 Å². The fourth-order valence-electron chi connectivity index (χ4n) is 1.66. The third-order valence-electron chi connectivity index (χ3n) is 2.34. The predicted molar refractivity (Wildman–Crippen MR) is 63.9 cm³/mol. The summed E-state index contributed by atoms with van der Waals surface area (Å²) in [6.07, 6.45) is 2.00. The lowest BCUT2D eigenvalue weighted by atomic mass is 10.2. The summed E-state index contributed by atoms with van der Waals surface area (Å²) in [5.41, 5.74) is 7.43. The summed E-state index contributed by atoms with van der Waals surface area (Å²) in [7, 11) is 0. The normalized spacial score (nSPS) is 12.8. The van der Waals surface area contributed by atoms with E-state index >= 15 is 0 Å². The molecule has 0 radical (unpaired) electrons. The molecule has 90 valence electrons. The van der Waals surface area contributed by atoms with Gasteiger partial charge in [0.05, 0.1) is 5.69 Å². The van der Waals surface area contributed by atoms with Crippen LogP contribution in [0.3, 0.4) is 0 Å². The number of aromatic nitrogens is 2. The third-order valence-corrected chi connectivity index (χ3v) is 2.34. The summed E-state index contributed by atoms with van der Waals surface area (Å²) in [5.74, 6) is 0.768.